The summed E-state index contributed by atoms with van der Waals surface area (Å²) >= 11 is 5.92. The lowest BCUT2D eigenvalue weighted by molar-refractivity contribution is -0.132. The van der Waals surface area contributed by atoms with Gasteiger partial charge >= 0.3 is 0 Å². The topological polar surface area (TPSA) is 61.4 Å². The second-order valence-corrected chi connectivity index (χ2v) is 6.39. The number of rotatable bonds is 6. The second-order valence-electron chi connectivity index (χ2n) is 5.95. The first-order valence-corrected chi connectivity index (χ1v) is 8.35. The van der Waals surface area contributed by atoms with Crippen molar-refractivity contribution in [2.45, 2.75) is 38.3 Å². The molecule has 1 aliphatic rings. The number of benzene rings is 1. The molecule has 2 rings (SSSR count). The lowest BCUT2D eigenvalue weighted by Gasteiger charge is -2.27. The molecule has 2 atom stereocenters. The van der Waals surface area contributed by atoms with Gasteiger partial charge in [-0.2, -0.15) is 0 Å². The summed E-state index contributed by atoms with van der Waals surface area (Å²) in [7, 11) is 1.90. The van der Waals surface area contributed by atoms with E-state index in [9.17, 15) is 9.59 Å². The minimum atomic E-state index is -0.326. The van der Waals surface area contributed by atoms with Crippen LogP contribution in [0.25, 0.3) is 0 Å². The van der Waals surface area contributed by atoms with Gasteiger partial charge in [-0.25, -0.2) is 0 Å². The fourth-order valence-corrected chi connectivity index (χ4v) is 3.22. The fourth-order valence-electron chi connectivity index (χ4n) is 3.10. The molecule has 1 aromatic rings. The Morgan fingerprint density at radius 2 is 2.00 bits per heavy atom. The van der Waals surface area contributed by atoms with Gasteiger partial charge in [-0.05, 0) is 37.6 Å². The van der Waals surface area contributed by atoms with E-state index in [-0.39, 0.29) is 42.7 Å². The van der Waals surface area contributed by atoms with Crippen molar-refractivity contribution >= 4 is 35.8 Å². The zero-order valence-corrected chi connectivity index (χ0v) is 15.6. The summed E-state index contributed by atoms with van der Waals surface area (Å²) in [4.78, 5) is 26.1. The van der Waals surface area contributed by atoms with Crippen LogP contribution in [0, 0.1) is 0 Å². The Morgan fingerprint density at radius 3 is 2.58 bits per heavy atom. The number of hydrogen-bond acceptors (Lipinski definition) is 3. The molecule has 5 nitrogen and oxygen atoms in total. The van der Waals surface area contributed by atoms with Gasteiger partial charge in [0.2, 0.25) is 11.8 Å². The maximum atomic E-state index is 12.7. The molecular formula is C17H25Cl2N3O2. The monoisotopic (exact) mass is 373 g/mol. The maximum absolute atomic E-state index is 12.7. The summed E-state index contributed by atoms with van der Waals surface area (Å²) in [6.45, 7) is 3.06. The molecule has 1 fully saturated rings. The molecule has 0 aromatic heterocycles. The van der Waals surface area contributed by atoms with Crippen LogP contribution >= 0.6 is 24.0 Å². The van der Waals surface area contributed by atoms with E-state index in [2.05, 4.69) is 10.6 Å². The number of nitrogens with one attached hydrogen (secondary N) is 2. The van der Waals surface area contributed by atoms with Crippen LogP contribution in [0.1, 0.15) is 37.8 Å². The van der Waals surface area contributed by atoms with Gasteiger partial charge in [0.15, 0.2) is 0 Å². The average Bonchev–Trinajstić information content (AvgIpc) is 2.95. The summed E-state index contributed by atoms with van der Waals surface area (Å²) in [6.07, 6.45) is 2.32. The van der Waals surface area contributed by atoms with Crippen molar-refractivity contribution in [3.05, 3.63) is 34.9 Å². The van der Waals surface area contributed by atoms with Crippen LogP contribution in [0.3, 0.4) is 0 Å². The van der Waals surface area contributed by atoms with Crippen LogP contribution in [0.2, 0.25) is 5.02 Å². The molecule has 1 aromatic carbocycles. The molecule has 0 spiro atoms. The lowest BCUT2D eigenvalue weighted by Crippen LogP contribution is -2.42. The zero-order valence-electron chi connectivity index (χ0n) is 14.0. The minimum Gasteiger partial charge on any atom is -0.349 e. The van der Waals surface area contributed by atoms with E-state index in [4.69, 9.17) is 11.6 Å². The number of halogens is 2. The molecule has 0 saturated carbocycles. The highest BCUT2D eigenvalue weighted by molar-refractivity contribution is 6.30. The predicted octanol–water partition coefficient (Wildman–Crippen LogP) is 2.54. The van der Waals surface area contributed by atoms with Crippen LogP contribution in [-0.2, 0) is 9.59 Å². The molecule has 134 valence electrons. The van der Waals surface area contributed by atoms with Crippen molar-refractivity contribution in [3.63, 3.8) is 0 Å². The van der Waals surface area contributed by atoms with E-state index >= 15 is 0 Å². The Bertz CT molecular complexity index is 551. The predicted molar refractivity (Wildman–Crippen MR) is 98.5 cm³/mol. The number of carbonyl (C=O) groups excluding carboxylic acids is 2. The lowest BCUT2D eigenvalue weighted by atomic mass is 10.0. The minimum absolute atomic E-state index is 0. The molecule has 0 aliphatic carbocycles. The van der Waals surface area contributed by atoms with Crippen molar-refractivity contribution in [2.75, 3.05) is 20.1 Å². The quantitative estimate of drug-likeness (QED) is 0.805. The van der Waals surface area contributed by atoms with Crippen LogP contribution in [-0.4, -0.2) is 42.9 Å². The first kappa shape index (κ1) is 20.7. The Hall–Kier alpha value is -1.30. The van der Waals surface area contributed by atoms with Gasteiger partial charge in [0.05, 0.1) is 12.5 Å². The molecule has 2 N–H and O–H groups in total. The largest absolute Gasteiger partial charge is 0.349 e. The molecule has 1 heterocycles. The number of amides is 2. The van der Waals surface area contributed by atoms with E-state index in [0.29, 0.717) is 5.02 Å². The van der Waals surface area contributed by atoms with Crippen LogP contribution in [0.15, 0.2) is 24.3 Å². The van der Waals surface area contributed by atoms with Crippen LogP contribution in [0.5, 0.6) is 0 Å². The SMILES string of the molecule is CNCC1CCCN1C(=O)CC(NC(C)=O)c1ccc(Cl)cc1.Cl. The molecule has 7 heteroatoms. The highest BCUT2D eigenvalue weighted by Crippen LogP contribution is 2.24. The smallest absolute Gasteiger partial charge is 0.225 e. The van der Waals surface area contributed by atoms with Crippen LogP contribution < -0.4 is 10.6 Å². The van der Waals surface area contributed by atoms with Gasteiger partial charge in [-0.3, -0.25) is 9.59 Å². The van der Waals surface area contributed by atoms with Gasteiger partial charge < -0.3 is 15.5 Å². The van der Waals surface area contributed by atoms with Gasteiger partial charge in [0.25, 0.3) is 0 Å². The molecule has 0 radical (unpaired) electrons. The number of hydrogen-bond donors (Lipinski definition) is 2. The Balaban J connectivity index is 0.00000288. The van der Waals surface area contributed by atoms with Gasteiger partial charge in [-0.15, -0.1) is 12.4 Å². The standard InChI is InChI=1S/C17H24ClN3O2.ClH/c1-12(22)20-16(13-5-7-14(18)8-6-13)10-17(23)21-9-3-4-15(21)11-19-2;/h5-8,15-16,19H,3-4,9-11H2,1-2H3,(H,20,22);1H. The highest BCUT2D eigenvalue weighted by atomic mass is 35.5. The van der Waals surface area contributed by atoms with E-state index in [1.54, 1.807) is 12.1 Å². The first-order valence-electron chi connectivity index (χ1n) is 7.98. The third kappa shape index (κ3) is 5.65. The first-order chi connectivity index (χ1) is 11.0. The molecule has 2 unspecified atom stereocenters. The molecule has 24 heavy (non-hydrogen) atoms. The van der Waals surface area contributed by atoms with Crippen molar-refractivity contribution in [3.8, 4) is 0 Å². The number of carbonyl (C=O) groups is 2. The van der Waals surface area contributed by atoms with E-state index in [1.165, 1.54) is 6.92 Å². The van der Waals surface area contributed by atoms with Crippen molar-refractivity contribution in [1.82, 2.24) is 15.5 Å². The van der Waals surface area contributed by atoms with Gasteiger partial charge in [0.1, 0.15) is 0 Å². The van der Waals surface area contributed by atoms with Gasteiger partial charge in [-0.1, -0.05) is 23.7 Å². The van der Waals surface area contributed by atoms with Crippen molar-refractivity contribution < 1.29 is 9.59 Å². The number of likely N-dealkylation sites (tertiary alicyclic amines) is 1. The third-order valence-electron chi connectivity index (χ3n) is 4.17. The highest BCUT2D eigenvalue weighted by Gasteiger charge is 2.30. The number of nitrogens with zero attached hydrogens (tertiary/aromatic N) is 1. The molecule has 2 amide bonds. The summed E-state index contributed by atoms with van der Waals surface area (Å²) < 4.78 is 0. The Morgan fingerprint density at radius 1 is 1.33 bits per heavy atom. The summed E-state index contributed by atoms with van der Waals surface area (Å²) in [5.74, 6) is -0.0672. The van der Waals surface area contributed by atoms with Crippen molar-refractivity contribution in [2.24, 2.45) is 0 Å². The van der Waals surface area contributed by atoms with Crippen LogP contribution in [0.4, 0.5) is 0 Å². The van der Waals surface area contributed by atoms with E-state index < -0.39 is 0 Å². The Kier molecular flexibility index (Phi) is 8.53. The molecule has 0 bridgehead atoms. The van der Waals surface area contributed by atoms with E-state index in [1.807, 2.05) is 24.1 Å². The maximum Gasteiger partial charge on any atom is 0.225 e. The number of likely N-dealkylation sites (N-methyl/N-ethyl adjacent to an activating group) is 1. The molecular weight excluding hydrogens is 349 g/mol. The van der Waals surface area contributed by atoms with Gasteiger partial charge in [0, 0.05) is 31.1 Å². The molecule has 1 aliphatic heterocycles. The van der Waals surface area contributed by atoms with E-state index in [0.717, 1.165) is 31.5 Å². The second kappa shape index (κ2) is 9.87. The Labute approximate surface area is 154 Å². The summed E-state index contributed by atoms with van der Waals surface area (Å²) in [6, 6.07) is 7.17. The summed E-state index contributed by atoms with van der Waals surface area (Å²) in [5, 5.41) is 6.65. The average molecular weight is 374 g/mol. The third-order valence-corrected chi connectivity index (χ3v) is 4.42. The molecule has 1 saturated heterocycles. The van der Waals surface area contributed by atoms with Crippen molar-refractivity contribution in [1.29, 1.82) is 0 Å². The normalized spacial score (nSPS) is 18.0. The summed E-state index contributed by atoms with van der Waals surface area (Å²) in [5.41, 5.74) is 0.891. The zero-order chi connectivity index (χ0) is 16.8. The fraction of sp³-hybridized carbons (Fsp3) is 0.529.